The Morgan fingerprint density at radius 1 is 1.14 bits per heavy atom. The van der Waals surface area contributed by atoms with E-state index in [1.165, 1.54) is 18.2 Å². The molecule has 0 spiro atoms. The van der Waals surface area contributed by atoms with Gasteiger partial charge in [0.15, 0.2) is 0 Å². The molecule has 0 saturated heterocycles. The van der Waals surface area contributed by atoms with Gasteiger partial charge < -0.3 is 10.4 Å². The molecule has 2 aromatic rings. The van der Waals surface area contributed by atoms with Crippen LogP contribution in [0.3, 0.4) is 0 Å². The van der Waals surface area contributed by atoms with Crippen molar-refractivity contribution in [2.45, 2.75) is 6.92 Å². The van der Waals surface area contributed by atoms with E-state index >= 15 is 0 Å². The zero-order valence-electron chi connectivity index (χ0n) is 11.0. The van der Waals surface area contributed by atoms with Gasteiger partial charge in [-0.15, -0.1) is 0 Å². The van der Waals surface area contributed by atoms with E-state index in [4.69, 9.17) is 0 Å². The maximum atomic E-state index is 13.7. The van der Waals surface area contributed by atoms with E-state index in [9.17, 15) is 19.1 Å². The summed E-state index contributed by atoms with van der Waals surface area (Å²) < 4.78 is 14.0. The summed E-state index contributed by atoms with van der Waals surface area (Å²) in [5, 5.41) is 11.6. The number of halogens is 2. The summed E-state index contributed by atoms with van der Waals surface area (Å²) in [5.74, 6) is -2.56. The van der Waals surface area contributed by atoms with Crippen LogP contribution in [0.5, 0.6) is 0 Å². The van der Waals surface area contributed by atoms with E-state index < -0.39 is 17.7 Å². The van der Waals surface area contributed by atoms with Crippen LogP contribution in [0.2, 0.25) is 0 Å². The number of carbonyl (C=O) groups is 2. The van der Waals surface area contributed by atoms with E-state index in [0.717, 1.165) is 6.07 Å². The van der Waals surface area contributed by atoms with Gasteiger partial charge in [0.2, 0.25) is 0 Å². The monoisotopic (exact) mass is 351 g/mol. The molecule has 2 aromatic carbocycles. The highest BCUT2D eigenvalue weighted by molar-refractivity contribution is 9.10. The van der Waals surface area contributed by atoms with E-state index in [-0.39, 0.29) is 16.8 Å². The Labute approximate surface area is 128 Å². The Morgan fingerprint density at radius 3 is 2.43 bits per heavy atom. The zero-order chi connectivity index (χ0) is 15.6. The molecule has 0 fully saturated rings. The van der Waals surface area contributed by atoms with Crippen molar-refractivity contribution in [3.8, 4) is 0 Å². The average molecular weight is 352 g/mol. The number of hydrogen-bond acceptors (Lipinski definition) is 2. The summed E-state index contributed by atoms with van der Waals surface area (Å²) in [6, 6.07) is 8.86. The number of benzene rings is 2. The summed E-state index contributed by atoms with van der Waals surface area (Å²) in [6.45, 7) is 1.62. The van der Waals surface area contributed by atoms with Gasteiger partial charge in [-0.2, -0.15) is 0 Å². The van der Waals surface area contributed by atoms with Crippen LogP contribution in [0.15, 0.2) is 40.9 Å². The van der Waals surface area contributed by atoms with Crippen molar-refractivity contribution in [2.24, 2.45) is 0 Å². The van der Waals surface area contributed by atoms with Gasteiger partial charge in [-0.05, 0) is 46.6 Å². The molecule has 1 amide bonds. The van der Waals surface area contributed by atoms with Crippen LogP contribution < -0.4 is 5.32 Å². The van der Waals surface area contributed by atoms with Gasteiger partial charge in [0.1, 0.15) is 5.82 Å². The average Bonchev–Trinajstić information content (AvgIpc) is 2.37. The zero-order valence-corrected chi connectivity index (χ0v) is 12.6. The molecule has 108 valence electrons. The molecule has 0 radical (unpaired) electrons. The molecule has 0 saturated carbocycles. The fourth-order valence-electron chi connectivity index (χ4n) is 1.96. The molecule has 0 atom stereocenters. The Bertz CT molecular complexity index is 711. The van der Waals surface area contributed by atoms with Crippen molar-refractivity contribution in [3.05, 3.63) is 63.4 Å². The number of anilines is 1. The second-order valence-corrected chi connectivity index (χ2v) is 5.21. The Hall–Kier alpha value is -2.21. The summed E-state index contributed by atoms with van der Waals surface area (Å²) in [6.07, 6.45) is 0. The third-order valence-electron chi connectivity index (χ3n) is 2.92. The minimum atomic E-state index is -1.16. The van der Waals surface area contributed by atoms with Crippen molar-refractivity contribution in [3.63, 3.8) is 0 Å². The molecule has 0 unspecified atom stereocenters. The minimum absolute atomic E-state index is 0.0155. The van der Waals surface area contributed by atoms with Gasteiger partial charge in [-0.1, -0.05) is 18.2 Å². The molecule has 0 aliphatic carbocycles. The number of carboxylic acids is 1. The molecule has 0 aromatic heterocycles. The van der Waals surface area contributed by atoms with Crippen LogP contribution in [-0.2, 0) is 0 Å². The first-order valence-corrected chi connectivity index (χ1v) is 6.79. The molecule has 0 aliphatic heterocycles. The molecular formula is C15H11BrFNO3. The fourth-order valence-corrected chi connectivity index (χ4v) is 2.48. The fraction of sp³-hybridized carbons (Fsp3) is 0.0667. The normalized spacial score (nSPS) is 10.2. The first kappa shape index (κ1) is 15.2. The molecule has 0 bridgehead atoms. The van der Waals surface area contributed by atoms with Crippen molar-refractivity contribution in [2.75, 3.05) is 5.32 Å². The third-order valence-corrected chi connectivity index (χ3v) is 3.59. The number of hydrogen-bond donors (Lipinski definition) is 2. The van der Waals surface area contributed by atoms with E-state index in [1.54, 1.807) is 19.1 Å². The van der Waals surface area contributed by atoms with Gasteiger partial charge in [-0.3, -0.25) is 4.79 Å². The van der Waals surface area contributed by atoms with Crippen LogP contribution in [0, 0.1) is 12.7 Å². The molecule has 0 heterocycles. The number of amides is 1. The van der Waals surface area contributed by atoms with Gasteiger partial charge in [0, 0.05) is 4.47 Å². The second kappa shape index (κ2) is 6.05. The lowest BCUT2D eigenvalue weighted by molar-refractivity contribution is 0.0697. The third kappa shape index (κ3) is 3.11. The van der Waals surface area contributed by atoms with Crippen molar-refractivity contribution in [1.82, 2.24) is 0 Å². The maximum Gasteiger partial charge on any atom is 0.338 e. The number of carbonyl (C=O) groups excluding carboxylic acids is 1. The molecule has 2 rings (SSSR count). The predicted molar refractivity (Wildman–Crippen MR) is 80.2 cm³/mol. The van der Waals surface area contributed by atoms with Gasteiger partial charge in [-0.25, -0.2) is 9.18 Å². The smallest absolute Gasteiger partial charge is 0.338 e. The standard InChI is InChI=1S/C15H11BrFNO3/c1-8-4-2-7-11(12(8)15(20)21)18-14(19)13-9(16)5-3-6-10(13)17/h2-7H,1H3,(H,18,19)(H,20,21). The lowest BCUT2D eigenvalue weighted by Crippen LogP contribution is -2.17. The Kier molecular flexibility index (Phi) is 4.37. The predicted octanol–water partition coefficient (Wildman–Crippen LogP) is 3.85. The van der Waals surface area contributed by atoms with Gasteiger partial charge in [0.25, 0.3) is 5.91 Å². The van der Waals surface area contributed by atoms with Crippen molar-refractivity contribution < 1.29 is 19.1 Å². The van der Waals surface area contributed by atoms with Crippen LogP contribution in [-0.4, -0.2) is 17.0 Å². The summed E-state index contributed by atoms with van der Waals surface area (Å²) >= 11 is 3.11. The Balaban J connectivity index is 2.42. The number of carboxylic acid groups (broad SMARTS) is 1. The van der Waals surface area contributed by atoms with E-state index in [0.29, 0.717) is 10.0 Å². The lowest BCUT2D eigenvalue weighted by Gasteiger charge is -2.11. The van der Waals surface area contributed by atoms with Crippen LogP contribution in [0.1, 0.15) is 26.3 Å². The molecule has 6 heteroatoms. The number of aryl methyl sites for hydroxylation is 1. The van der Waals surface area contributed by atoms with Gasteiger partial charge >= 0.3 is 5.97 Å². The summed E-state index contributed by atoms with van der Waals surface area (Å²) in [5.41, 5.74) is 0.448. The number of aromatic carboxylic acids is 1. The summed E-state index contributed by atoms with van der Waals surface area (Å²) in [4.78, 5) is 23.4. The first-order chi connectivity index (χ1) is 9.91. The van der Waals surface area contributed by atoms with Gasteiger partial charge in [0.05, 0.1) is 16.8 Å². The maximum absolute atomic E-state index is 13.7. The van der Waals surface area contributed by atoms with Crippen LogP contribution in [0.4, 0.5) is 10.1 Å². The Morgan fingerprint density at radius 2 is 1.81 bits per heavy atom. The molecule has 4 nitrogen and oxygen atoms in total. The lowest BCUT2D eigenvalue weighted by atomic mass is 10.1. The number of rotatable bonds is 3. The molecule has 0 aliphatic rings. The SMILES string of the molecule is Cc1cccc(NC(=O)c2c(F)cccc2Br)c1C(=O)O. The topological polar surface area (TPSA) is 66.4 Å². The largest absolute Gasteiger partial charge is 0.478 e. The molecule has 2 N–H and O–H groups in total. The van der Waals surface area contributed by atoms with Crippen molar-refractivity contribution >= 4 is 33.5 Å². The van der Waals surface area contributed by atoms with Crippen LogP contribution in [0.25, 0.3) is 0 Å². The highest BCUT2D eigenvalue weighted by Crippen LogP contribution is 2.24. The first-order valence-electron chi connectivity index (χ1n) is 6.00. The van der Waals surface area contributed by atoms with Crippen molar-refractivity contribution in [1.29, 1.82) is 0 Å². The molecule has 21 heavy (non-hydrogen) atoms. The molecular weight excluding hydrogens is 341 g/mol. The summed E-state index contributed by atoms with van der Waals surface area (Å²) in [7, 11) is 0. The highest BCUT2D eigenvalue weighted by atomic mass is 79.9. The quantitative estimate of drug-likeness (QED) is 0.882. The highest BCUT2D eigenvalue weighted by Gasteiger charge is 2.19. The number of nitrogens with one attached hydrogen (secondary N) is 1. The minimum Gasteiger partial charge on any atom is -0.478 e. The second-order valence-electron chi connectivity index (χ2n) is 4.35. The van der Waals surface area contributed by atoms with E-state index in [1.807, 2.05) is 0 Å². The van der Waals surface area contributed by atoms with E-state index in [2.05, 4.69) is 21.2 Å². The van der Waals surface area contributed by atoms with Crippen LogP contribution >= 0.6 is 15.9 Å².